The Labute approximate surface area is 129 Å². The van der Waals surface area contributed by atoms with Crippen molar-refractivity contribution in [3.8, 4) is 0 Å². The Kier molecular flexibility index (Phi) is 4.97. The van der Waals surface area contributed by atoms with Crippen LogP contribution in [0.3, 0.4) is 0 Å². The first-order valence-corrected chi connectivity index (χ1v) is 8.76. The first-order valence-electron chi connectivity index (χ1n) is 8.76. The fourth-order valence-corrected chi connectivity index (χ4v) is 4.35. The summed E-state index contributed by atoms with van der Waals surface area (Å²) >= 11 is 0. The Morgan fingerprint density at radius 2 is 1.33 bits per heavy atom. The molecule has 2 heteroatoms. The number of benzene rings is 1. The summed E-state index contributed by atoms with van der Waals surface area (Å²) in [5.74, 6) is 0.788. The molecule has 0 heterocycles. The molecule has 0 bridgehead atoms. The van der Waals surface area contributed by atoms with E-state index in [9.17, 15) is 0 Å². The van der Waals surface area contributed by atoms with E-state index in [0.717, 1.165) is 18.0 Å². The molecule has 2 fully saturated rings. The minimum Gasteiger partial charge on any atom is -0.328 e. The summed E-state index contributed by atoms with van der Waals surface area (Å²) in [6.45, 7) is 0. The van der Waals surface area contributed by atoms with E-state index in [0.29, 0.717) is 6.04 Å². The van der Waals surface area contributed by atoms with Gasteiger partial charge in [-0.05, 0) is 69.9 Å². The maximum Gasteiger partial charge on any atom is 0.00962 e. The second-order valence-electron chi connectivity index (χ2n) is 7.15. The first kappa shape index (κ1) is 15.1. The van der Waals surface area contributed by atoms with Crippen molar-refractivity contribution in [2.24, 2.45) is 5.73 Å². The second-order valence-corrected chi connectivity index (χ2v) is 7.15. The molecule has 0 aromatic heterocycles. The minimum absolute atomic E-state index is 0.462. The van der Waals surface area contributed by atoms with Crippen LogP contribution in [-0.2, 0) is 0 Å². The van der Waals surface area contributed by atoms with Crippen LogP contribution in [0.1, 0.15) is 62.8 Å². The SMILES string of the molecule is CN(C1CCC(N)CC1)C1CCC(c2ccccc2)CC1. The van der Waals surface area contributed by atoms with E-state index in [4.69, 9.17) is 5.73 Å². The zero-order valence-corrected chi connectivity index (χ0v) is 13.4. The maximum absolute atomic E-state index is 6.04. The first-order chi connectivity index (χ1) is 10.2. The van der Waals surface area contributed by atoms with Crippen LogP contribution in [0.5, 0.6) is 0 Å². The quantitative estimate of drug-likeness (QED) is 0.912. The lowest BCUT2D eigenvalue weighted by molar-refractivity contribution is 0.102. The monoisotopic (exact) mass is 286 g/mol. The van der Waals surface area contributed by atoms with Crippen molar-refractivity contribution in [3.05, 3.63) is 35.9 Å². The molecule has 3 rings (SSSR count). The van der Waals surface area contributed by atoms with Gasteiger partial charge in [0.2, 0.25) is 0 Å². The van der Waals surface area contributed by atoms with Crippen LogP contribution in [0.15, 0.2) is 30.3 Å². The van der Waals surface area contributed by atoms with Gasteiger partial charge in [0, 0.05) is 18.1 Å². The smallest absolute Gasteiger partial charge is 0.00962 e. The lowest BCUT2D eigenvalue weighted by atomic mass is 9.80. The van der Waals surface area contributed by atoms with Gasteiger partial charge in [-0.2, -0.15) is 0 Å². The van der Waals surface area contributed by atoms with E-state index in [1.807, 2.05) is 0 Å². The molecule has 0 amide bonds. The molecule has 0 atom stereocenters. The zero-order valence-electron chi connectivity index (χ0n) is 13.4. The van der Waals surface area contributed by atoms with Crippen molar-refractivity contribution in [3.63, 3.8) is 0 Å². The Hall–Kier alpha value is -0.860. The summed E-state index contributed by atoms with van der Waals surface area (Å²) in [5, 5.41) is 0. The topological polar surface area (TPSA) is 29.3 Å². The number of nitrogens with two attached hydrogens (primary N) is 1. The Morgan fingerprint density at radius 3 is 1.90 bits per heavy atom. The molecule has 2 saturated carbocycles. The van der Waals surface area contributed by atoms with Crippen molar-refractivity contribution >= 4 is 0 Å². The Bertz CT molecular complexity index is 414. The molecule has 0 aliphatic heterocycles. The molecule has 21 heavy (non-hydrogen) atoms. The molecule has 0 radical (unpaired) electrons. The average Bonchev–Trinajstić information content (AvgIpc) is 2.56. The molecule has 0 unspecified atom stereocenters. The lowest BCUT2D eigenvalue weighted by Crippen LogP contribution is -2.45. The molecular weight excluding hydrogens is 256 g/mol. The molecular formula is C19H30N2. The van der Waals surface area contributed by atoms with Gasteiger partial charge >= 0.3 is 0 Å². The van der Waals surface area contributed by atoms with Gasteiger partial charge in [-0.3, -0.25) is 0 Å². The molecule has 0 spiro atoms. The normalized spacial score (nSPS) is 34.0. The molecule has 2 nitrogen and oxygen atoms in total. The van der Waals surface area contributed by atoms with Gasteiger partial charge in [0.15, 0.2) is 0 Å². The number of nitrogens with zero attached hydrogens (tertiary/aromatic N) is 1. The summed E-state index contributed by atoms with van der Waals surface area (Å²) in [7, 11) is 2.36. The third-order valence-corrected chi connectivity index (χ3v) is 5.86. The van der Waals surface area contributed by atoms with E-state index in [-0.39, 0.29) is 0 Å². The molecule has 2 aliphatic carbocycles. The molecule has 116 valence electrons. The van der Waals surface area contributed by atoms with E-state index >= 15 is 0 Å². The van der Waals surface area contributed by atoms with Crippen LogP contribution in [0, 0.1) is 0 Å². The van der Waals surface area contributed by atoms with Crippen LogP contribution >= 0.6 is 0 Å². The third kappa shape index (κ3) is 3.67. The molecule has 0 saturated heterocycles. The van der Waals surface area contributed by atoms with E-state index in [2.05, 4.69) is 42.3 Å². The molecule has 1 aromatic carbocycles. The van der Waals surface area contributed by atoms with Crippen molar-refractivity contribution in [2.45, 2.75) is 75.4 Å². The fraction of sp³-hybridized carbons (Fsp3) is 0.684. The maximum atomic E-state index is 6.04. The van der Waals surface area contributed by atoms with E-state index < -0.39 is 0 Å². The highest BCUT2D eigenvalue weighted by Crippen LogP contribution is 2.36. The fourth-order valence-electron chi connectivity index (χ4n) is 4.35. The van der Waals surface area contributed by atoms with Crippen LogP contribution in [0.4, 0.5) is 0 Å². The summed E-state index contributed by atoms with van der Waals surface area (Å²) < 4.78 is 0. The predicted octanol–water partition coefficient (Wildman–Crippen LogP) is 3.91. The van der Waals surface area contributed by atoms with Gasteiger partial charge in [-0.1, -0.05) is 30.3 Å². The highest BCUT2D eigenvalue weighted by molar-refractivity contribution is 5.20. The van der Waals surface area contributed by atoms with E-state index in [1.54, 1.807) is 5.56 Å². The number of rotatable bonds is 3. The second kappa shape index (κ2) is 6.93. The van der Waals surface area contributed by atoms with Crippen LogP contribution in [-0.4, -0.2) is 30.1 Å². The van der Waals surface area contributed by atoms with Gasteiger partial charge in [0.1, 0.15) is 0 Å². The van der Waals surface area contributed by atoms with Crippen LogP contribution in [0.2, 0.25) is 0 Å². The largest absolute Gasteiger partial charge is 0.328 e. The lowest BCUT2D eigenvalue weighted by Gasteiger charge is -2.41. The number of hydrogen-bond acceptors (Lipinski definition) is 2. The number of hydrogen-bond donors (Lipinski definition) is 1. The van der Waals surface area contributed by atoms with Gasteiger partial charge in [0.05, 0.1) is 0 Å². The van der Waals surface area contributed by atoms with Crippen molar-refractivity contribution < 1.29 is 0 Å². The highest BCUT2D eigenvalue weighted by Gasteiger charge is 2.30. The predicted molar refractivity (Wildman–Crippen MR) is 89.4 cm³/mol. The third-order valence-electron chi connectivity index (χ3n) is 5.86. The Balaban J connectivity index is 1.51. The summed E-state index contributed by atoms with van der Waals surface area (Å²) in [6, 6.07) is 13.1. The van der Waals surface area contributed by atoms with E-state index in [1.165, 1.54) is 51.4 Å². The Morgan fingerprint density at radius 1 is 0.810 bits per heavy atom. The van der Waals surface area contributed by atoms with Crippen LogP contribution in [0.25, 0.3) is 0 Å². The van der Waals surface area contributed by atoms with Gasteiger partial charge in [-0.15, -0.1) is 0 Å². The zero-order chi connectivity index (χ0) is 14.7. The summed E-state index contributed by atoms with van der Waals surface area (Å²) in [6.07, 6.45) is 10.5. The average molecular weight is 286 g/mol. The van der Waals surface area contributed by atoms with Gasteiger partial charge in [-0.25, -0.2) is 0 Å². The molecule has 2 aliphatic rings. The van der Waals surface area contributed by atoms with Crippen molar-refractivity contribution in [2.75, 3.05) is 7.05 Å². The highest BCUT2D eigenvalue weighted by atomic mass is 15.2. The van der Waals surface area contributed by atoms with Crippen molar-refractivity contribution in [1.82, 2.24) is 4.90 Å². The minimum atomic E-state index is 0.462. The van der Waals surface area contributed by atoms with Crippen molar-refractivity contribution in [1.29, 1.82) is 0 Å². The van der Waals surface area contributed by atoms with Gasteiger partial charge in [0.25, 0.3) is 0 Å². The summed E-state index contributed by atoms with van der Waals surface area (Å²) in [4.78, 5) is 2.69. The van der Waals surface area contributed by atoms with Gasteiger partial charge < -0.3 is 10.6 Å². The van der Waals surface area contributed by atoms with Crippen LogP contribution < -0.4 is 5.73 Å². The summed E-state index contributed by atoms with van der Waals surface area (Å²) in [5.41, 5.74) is 7.58. The molecule has 2 N–H and O–H groups in total. The molecule has 1 aromatic rings. The standard InChI is InChI=1S/C19H30N2/c1-21(19-13-9-17(20)10-14-19)18-11-7-16(8-12-18)15-5-3-2-4-6-15/h2-6,16-19H,7-14,20H2,1H3.